The van der Waals surface area contributed by atoms with Crippen LogP contribution in [0, 0.1) is 5.41 Å². The van der Waals surface area contributed by atoms with E-state index in [1.165, 1.54) is 0 Å². The predicted octanol–water partition coefficient (Wildman–Crippen LogP) is 1.96. The first-order valence-corrected chi connectivity index (χ1v) is 4.83. The van der Waals surface area contributed by atoms with E-state index in [1.807, 2.05) is 20.8 Å². The largest absolute Gasteiger partial charge is 0.292 e. The van der Waals surface area contributed by atoms with Crippen molar-refractivity contribution in [3.05, 3.63) is 30.4 Å². The minimum Gasteiger partial charge on any atom is -0.292 e. The van der Waals surface area contributed by atoms with E-state index in [4.69, 9.17) is 0 Å². The highest BCUT2D eigenvalue weighted by atomic mass is 16.1. The Morgan fingerprint density at radius 1 is 1.33 bits per heavy atom. The Morgan fingerprint density at radius 2 is 2.07 bits per heavy atom. The first-order chi connectivity index (χ1) is 7.00. The van der Waals surface area contributed by atoms with Gasteiger partial charge in [-0.2, -0.15) is 0 Å². The second-order valence-corrected chi connectivity index (χ2v) is 4.51. The Bertz CT molecular complexity index is 508. The fraction of sp³-hybridized carbons (Fsp3) is 0.364. The van der Waals surface area contributed by atoms with E-state index in [0.717, 1.165) is 0 Å². The van der Waals surface area contributed by atoms with E-state index >= 15 is 0 Å². The topological polar surface area (TPSA) is 47.3 Å². The lowest BCUT2D eigenvalue weighted by molar-refractivity contribution is 0.0852. The average Bonchev–Trinajstić information content (AvgIpc) is 2.58. The number of nitrogens with zero attached hydrogens (tertiary/aromatic N) is 3. The van der Waals surface area contributed by atoms with Gasteiger partial charge >= 0.3 is 0 Å². The molecule has 2 aromatic rings. The molecule has 2 rings (SSSR count). The standard InChI is InChI=1S/C11H13N3O/c1-11(2,3)9(15)8-7-13-10-12-5-4-6-14(8)10/h4-7H,1-3H3. The molecule has 0 aliphatic heterocycles. The number of hydrogen-bond donors (Lipinski definition) is 0. The van der Waals surface area contributed by atoms with Crippen LogP contribution in [0.5, 0.6) is 0 Å². The van der Waals surface area contributed by atoms with Crippen molar-refractivity contribution in [2.45, 2.75) is 20.8 Å². The van der Waals surface area contributed by atoms with E-state index < -0.39 is 5.41 Å². The van der Waals surface area contributed by atoms with Gasteiger partial charge in [0.15, 0.2) is 5.78 Å². The molecule has 0 N–H and O–H groups in total. The zero-order valence-electron chi connectivity index (χ0n) is 9.06. The number of carbonyl (C=O) groups is 1. The monoisotopic (exact) mass is 203 g/mol. The smallest absolute Gasteiger partial charge is 0.234 e. The SMILES string of the molecule is CC(C)(C)C(=O)c1cnc2ncccn12. The van der Waals surface area contributed by atoms with E-state index in [2.05, 4.69) is 9.97 Å². The summed E-state index contributed by atoms with van der Waals surface area (Å²) in [6.07, 6.45) is 5.04. The number of aromatic nitrogens is 3. The number of imidazole rings is 1. The van der Waals surface area contributed by atoms with Gasteiger partial charge in [-0.3, -0.25) is 9.20 Å². The second-order valence-electron chi connectivity index (χ2n) is 4.51. The summed E-state index contributed by atoms with van der Waals surface area (Å²) in [5, 5.41) is 0. The minimum atomic E-state index is -0.397. The number of carbonyl (C=O) groups excluding carboxylic acids is 1. The van der Waals surface area contributed by atoms with Crippen LogP contribution < -0.4 is 0 Å². The summed E-state index contributed by atoms with van der Waals surface area (Å²) in [6.45, 7) is 5.68. The van der Waals surface area contributed by atoms with Gasteiger partial charge in [-0.25, -0.2) is 9.97 Å². The normalized spacial score (nSPS) is 11.9. The Morgan fingerprint density at radius 3 is 2.73 bits per heavy atom. The van der Waals surface area contributed by atoms with Crippen LogP contribution in [0.15, 0.2) is 24.7 Å². The van der Waals surface area contributed by atoms with Crippen LogP contribution in [0.1, 0.15) is 31.3 Å². The van der Waals surface area contributed by atoms with Crippen LogP contribution in [-0.2, 0) is 0 Å². The third-order valence-corrected chi connectivity index (χ3v) is 2.20. The Balaban J connectivity index is 2.58. The lowest BCUT2D eigenvalue weighted by atomic mass is 9.89. The maximum Gasteiger partial charge on any atom is 0.234 e. The Hall–Kier alpha value is -1.71. The van der Waals surface area contributed by atoms with Gasteiger partial charge in [0.25, 0.3) is 0 Å². The van der Waals surface area contributed by atoms with E-state index in [1.54, 1.807) is 29.1 Å². The summed E-state index contributed by atoms with van der Waals surface area (Å²) >= 11 is 0. The summed E-state index contributed by atoms with van der Waals surface area (Å²) in [6, 6.07) is 1.79. The van der Waals surface area contributed by atoms with Crippen LogP contribution in [0.25, 0.3) is 5.78 Å². The number of fused-ring (bicyclic) bond motifs is 1. The molecule has 0 saturated carbocycles. The molecule has 4 heteroatoms. The first kappa shape index (κ1) is 9.83. The lowest BCUT2D eigenvalue weighted by Crippen LogP contribution is -2.21. The summed E-state index contributed by atoms with van der Waals surface area (Å²) in [5.41, 5.74) is 0.191. The van der Waals surface area contributed by atoms with Gasteiger partial charge < -0.3 is 0 Å². The zero-order chi connectivity index (χ0) is 11.1. The van der Waals surface area contributed by atoms with Gasteiger partial charge in [0, 0.05) is 17.8 Å². The van der Waals surface area contributed by atoms with Crippen molar-refractivity contribution in [1.29, 1.82) is 0 Å². The van der Waals surface area contributed by atoms with Crippen molar-refractivity contribution in [3.63, 3.8) is 0 Å². The highest BCUT2D eigenvalue weighted by molar-refractivity contribution is 5.98. The third-order valence-electron chi connectivity index (χ3n) is 2.20. The molecule has 0 radical (unpaired) electrons. The first-order valence-electron chi connectivity index (χ1n) is 4.83. The van der Waals surface area contributed by atoms with E-state index in [9.17, 15) is 4.79 Å². The lowest BCUT2D eigenvalue weighted by Gasteiger charge is -2.15. The van der Waals surface area contributed by atoms with Gasteiger partial charge in [-0.15, -0.1) is 0 Å². The number of rotatable bonds is 1. The van der Waals surface area contributed by atoms with Crippen molar-refractivity contribution < 1.29 is 4.79 Å². The highest BCUT2D eigenvalue weighted by Gasteiger charge is 2.25. The average molecular weight is 203 g/mol. The zero-order valence-corrected chi connectivity index (χ0v) is 9.06. The number of ketones is 1. The third kappa shape index (κ3) is 1.63. The van der Waals surface area contributed by atoms with Gasteiger partial charge in [0.2, 0.25) is 5.78 Å². The molecule has 0 amide bonds. The fourth-order valence-electron chi connectivity index (χ4n) is 1.38. The van der Waals surface area contributed by atoms with Gasteiger partial charge in [0.05, 0.1) is 6.20 Å². The molecule has 78 valence electrons. The molecule has 0 atom stereocenters. The molecule has 2 aromatic heterocycles. The van der Waals surface area contributed by atoms with E-state index in [-0.39, 0.29) is 5.78 Å². The van der Waals surface area contributed by atoms with Gasteiger partial charge in [-0.1, -0.05) is 20.8 Å². The predicted molar refractivity (Wildman–Crippen MR) is 56.8 cm³/mol. The molecule has 0 aromatic carbocycles. The molecular weight excluding hydrogens is 190 g/mol. The van der Waals surface area contributed by atoms with Gasteiger partial charge in [0.1, 0.15) is 5.69 Å². The number of hydrogen-bond acceptors (Lipinski definition) is 3. The molecule has 0 saturated heterocycles. The molecular formula is C11H13N3O. The van der Waals surface area contributed by atoms with Crippen LogP contribution in [-0.4, -0.2) is 20.2 Å². The van der Waals surface area contributed by atoms with Crippen molar-refractivity contribution in [2.75, 3.05) is 0 Å². The van der Waals surface area contributed by atoms with Gasteiger partial charge in [-0.05, 0) is 6.07 Å². The summed E-state index contributed by atoms with van der Waals surface area (Å²) < 4.78 is 1.72. The second kappa shape index (κ2) is 3.15. The minimum absolute atomic E-state index is 0.0722. The molecule has 0 unspecified atom stereocenters. The molecule has 15 heavy (non-hydrogen) atoms. The van der Waals surface area contributed by atoms with Crippen molar-refractivity contribution in [2.24, 2.45) is 5.41 Å². The summed E-state index contributed by atoms with van der Waals surface area (Å²) in [5.74, 6) is 0.633. The summed E-state index contributed by atoms with van der Waals surface area (Å²) in [4.78, 5) is 20.2. The van der Waals surface area contributed by atoms with Crippen LogP contribution in [0.2, 0.25) is 0 Å². The molecule has 0 aliphatic carbocycles. The molecule has 2 heterocycles. The molecule has 0 bridgehead atoms. The highest BCUT2D eigenvalue weighted by Crippen LogP contribution is 2.20. The molecule has 4 nitrogen and oxygen atoms in total. The summed E-state index contributed by atoms with van der Waals surface area (Å²) in [7, 11) is 0. The maximum atomic E-state index is 12.1. The maximum absolute atomic E-state index is 12.1. The van der Waals surface area contributed by atoms with E-state index in [0.29, 0.717) is 11.5 Å². The molecule has 0 aliphatic rings. The van der Waals surface area contributed by atoms with Crippen molar-refractivity contribution in [1.82, 2.24) is 14.4 Å². The van der Waals surface area contributed by atoms with Crippen LogP contribution >= 0.6 is 0 Å². The molecule has 0 fully saturated rings. The fourth-order valence-corrected chi connectivity index (χ4v) is 1.38. The Kier molecular flexibility index (Phi) is 2.07. The Labute approximate surface area is 88.0 Å². The van der Waals surface area contributed by atoms with Crippen LogP contribution in [0.4, 0.5) is 0 Å². The van der Waals surface area contributed by atoms with Crippen LogP contribution in [0.3, 0.4) is 0 Å². The number of Topliss-reactive ketones (excluding diaryl/α,β-unsaturated/α-hetero) is 1. The van der Waals surface area contributed by atoms with Crippen molar-refractivity contribution in [3.8, 4) is 0 Å². The van der Waals surface area contributed by atoms with Crippen molar-refractivity contribution >= 4 is 11.6 Å². The molecule has 0 spiro atoms. The quantitative estimate of drug-likeness (QED) is 0.665.